The molecule has 0 amide bonds. The molecule has 0 N–H and O–H groups in total. The summed E-state index contributed by atoms with van der Waals surface area (Å²) in [4.78, 5) is 0. The van der Waals surface area contributed by atoms with Gasteiger partial charge < -0.3 is 18.9 Å². The molecule has 1 aromatic heterocycles. The Labute approximate surface area is 200 Å². The molecule has 3 aromatic carbocycles. The van der Waals surface area contributed by atoms with Gasteiger partial charge >= 0.3 is 0 Å². The number of rotatable bonds is 6. The first-order valence-corrected chi connectivity index (χ1v) is 11.5. The first-order chi connectivity index (χ1) is 16.5. The van der Waals surface area contributed by atoms with Crippen molar-refractivity contribution in [3.63, 3.8) is 0 Å². The van der Waals surface area contributed by atoms with Gasteiger partial charge in [0.15, 0.2) is 35.7 Å². The molecule has 5 heteroatoms. The second kappa shape index (κ2) is 8.90. The maximum atomic E-state index is 6.39. The Morgan fingerprint density at radius 1 is 0.794 bits per heavy atom. The van der Waals surface area contributed by atoms with Gasteiger partial charge in [-0.25, -0.2) is 0 Å². The normalized spacial score (nSPS) is 12.1. The summed E-state index contributed by atoms with van der Waals surface area (Å²) in [5.41, 5.74) is 7.20. The SMILES string of the molecule is COc1cc2c(cc1OC)-c1cc3ccc(OC)c(OCc4cc(C)cc(C)c4)c3c[n+]1CC2. The van der Waals surface area contributed by atoms with Crippen LogP contribution >= 0.6 is 0 Å². The van der Waals surface area contributed by atoms with Crippen molar-refractivity contribution in [1.82, 2.24) is 0 Å². The Morgan fingerprint density at radius 3 is 2.21 bits per heavy atom. The summed E-state index contributed by atoms with van der Waals surface area (Å²) in [5.74, 6) is 3.01. The van der Waals surface area contributed by atoms with E-state index in [0.717, 1.165) is 58.0 Å². The van der Waals surface area contributed by atoms with Crippen LogP contribution in [0.25, 0.3) is 22.0 Å². The molecule has 4 aromatic rings. The summed E-state index contributed by atoms with van der Waals surface area (Å²) < 4.78 is 25.5. The second-order valence-electron chi connectivity index (χ2n) is 8.85. The van der Waals surface area contributed by atoms with Crippen LogP contribution in [0.3, 0.4) is 0 Å². The highest BCUT2D eigenvalue weighted by Gasteiger charge is 2.27. The minimum Gasteiger partial charge on any atom is -0.493 e. The Bertz CT molecular complexity index is 1370. The van der Waals surface area contributed by atoms with Crippen LogP contribution in [-0.2, 0) is 19.6 Å². The zero-order valence-corrected chi connectivity index (χ0v) is 20.4. The average molecular weight is 457 g/mol. The van der Waals surface area contributed by atoms with Crippen molar-refractivity contribution in [2.24, 2.45) is 0 Å². The van der Waals surface area contributed by atoms with Crippen molar-refractivity contribution >= 4 is 10.8 Å². The van der Waals surface area contributed by atoms with E-state index in [1.807, 2.05) is 6.07 Å². The molecule has 174 valence electrons. The molecule has 0 saturated carbocycles. The van der Waals surface area contributed by atoms with Gasteiger partial charge in [-0.2, -0.15) is 4.57 Å². The predicted octanol–water partition coefficient (Wildman–Crippen LogP) is 5.57. The average Bonchev–Trinajstić information content (AvgIpc) is 2.84. The van der Waals surface area contributed by atoms with Gasteiger partial charge in [-0.3, -0.25) is 0 Å². The van der Waals surface area contributed by atoms with E-state index >= 15 is 0 Å². The molecular formula is C29H30NO4+. The number of aromatic nitrogens is 1. The summed E-state index contributed by atoms with van der Waals surface area (Å²) in [6, 6.07) is 17.0. The molecule has 1 aliphatic rings. The van der Waals surface area contributed by atoms with Crippen molar-refractivity contribution in [3.8, 4) is 34.3 Å². The highest BCUT2D eigenvalue weighted by Crippen LogP contribution is 2.40. The summed E-state index contributed by atoms with van der Waals surface area (Å²) in [6.07, 6.45) is 3.10. The van der Waals surface area contributed by atoms with Crippen molar-refractivity contribution in [2.45, 2.75) is 33.4 Å². The highest BCUT2D eigenvalue weighted by atomic mass is 16.5. The largest absolute Gasteiger partial charge is 0.493 e. The number of benzene rings is 3. The minimum atomic E-state index is 0.486. The Hall–Kier alpha value is -3.73. The quantitative estimate of drug-likeness (QED) is 0.356. The van der Waals surface area contributed by atoms with Gasteiger partial charge in [0.05, 0.1) is 32.3 Å². The molecule has 0 atom stereocenters. The number of ether oxygens (including phenoxy) is 4. The molecule has 0 unspecified atom stereocenters. The molecule has 0 aliphatic carbocycles. The number of pyridine rings is 1. The summed E-state index contributed by atoms with van der Waals surface area (Å²) >= 11 is 0. The Kier molecular flexibility index (Phi) is 5.78. The van der Waals surface area contributed by atoms with Crippen LogP contribution in [-0.4, -0.2) is 21.3 Å². The van der Waals surface area contributed by atoms with Crippen LogP contribution in [0.5, 0.6) is 23.0 Å². The number of fused-ring (bicyclic) bond motifs is 4. The first-order valence-electron chi connectivity index (χ1n) is 11.5. The second-order valence-corrected chi connectivity index (χ2v) is 8.85. The molecule has 0 bridgehead atoms. The standard InChI is InChI=1S/C29H30NO4/c1-18-10-19(2)12-20(11-18)17-34-29-24-16-30-9-8-22-14-27(32-4)28(33-5)15-23(22)25(30)13-21(24)6-7-26(29)31-3/h6-7,10-16H,8-9,17H2,1-5H3/q+1. The van der Waals surface area contributed by atoms with E-state index in [0.29, 0.717) is 6.61 Å². The molecule has 2 heterocycles. The molecule has 0 spiro atoms. The lowest BCUT2D eigenvalue weighted by molar-refractivity contribution is -0.686. The molecule has 5 nitrogen and oxygen atoms in total. The van der Waals surface area contributed by atoms with Crippen LogP contribution in [0.15, 0.2) is 54.7 Å². The van der Waals surface area contributed by atoms with E-state index in [1.165, 1.54) is 22.3 Å². The summed E-state index contributed by atoms with van der Waals surface area (Å²) in [5, 5.41) is 2.14. The van der Waals surface area contributed by atoms with Gasteiger partial charge in [0.1, 0.15) is 6.61 Å². The van der Waals surface area contributed by atoms with E-state index in [4.69, 9.17) is 18.9 Å². The Balaban J connectivity index is 1.59. The third-order valence-corrected chi connectivity index (χ3v) is 6.47. The van der Waals surface area contributed by atoms with Gasteiger partial charge in [-0.1, -0.05) is 29.3 Å². The molecular weight excluding hydrogens is 426 g/mol. The molecule has 0 saturated heterocycles. The van der Waals surface area contributed by atoms with Crippen molar-refractivity contribution < 1.29 is 23.5 Å². The van der Waals surface area contributed by atoms with Crippen molar-refractivity contribution in [3.05, 3.63) is 77.0 Å². The van der Waals surface area contributed by atoms with Crippen LogP contribution < -0.4 is 23.5 Å². The number of aryl methyl sites for hydroxylation is 4. The first kappa shape index (κ1) is 22.1. The third-order valence-electron chi connectivity index (χ3n) is 6.47. The van der Waals surface area contributed by atoms with Gasteiger partial charge in [0.25, 0.3) is 0 Å². The van der Waals surface area contributed by atoms with E-state index in [2.05, 4.69) is 67.1 Å². The summed E-state index contributed by atoms with van der Waals surface area (Å²) in [7, 11) is 5.04. The summed E-state index contributed by atoms with van der Waals surface area (Å²) in [6.45, 7) is 5.59. The van der Waals surface area contributed by atoms with Crippen LogP contribution in [0.2, 0.25) is 0 Å². The monoisotopic (exact) mass is 456 g/mol. The fraction of sp³-hybridized carbons (Fsp3) is 0.276. The third kappa shape index (κ3) is 3.92. The van der Waals surface area contributed by atoms with E-state index in [-0.39, 0.29) is 0 Å². The van der Waals surface area contributed by atoms with Crippen LogP contribution in [0, 0.1) is 13.8 Å². The van der Waals surface area contributed by atoms with Gasteiger partial charge in [-0.05, 0) is 54.6 Å². The van der Waals surface area contributed by atoms with Gasteiger partial charge in [-0.15, -0.1) is 0 Å². The number of hydrogen-bond donors (Lipinski definition) is 0. The fourth-order valence-electron chi connectivity index (χ4n) is 4.95. The molecule has 0 radical (unpaired) electrons. The molecule has 0 fully saturated rings. The maximum Gasteiger partial charge on any atom is 0.213 e. The van der Waals surface area contributed by atoms with E-state index < -0.39 is 0 Å². The molecule has 1 aliphatic heterocycles. The minimum absolute atomic E-state index is 0.486. The lowest BCUT2D eigenvalue weighted by atomic mass is 9.95. The highest BCUT2D eigenvalue weighted by molar-refractivity contribution is 5.91. The van der Waals surface area contributed by atoms with Gasteiger partial charge in [0.2, 0.25) is 5.69 Å². The number of nitrogens with zero attached hydrogens (tertiary/aromatic N) is 1. The van der Waals surface area contributed by atoms with Crippen molar-refractivity contribution in [2.75, 3.05) is 21.3 Å². The topological polar surface area (TPSA) is 40.8 Å². The number of methoxy groups -OCH3 is 3. The lowest BCUT2D eigenvalue weighted by Crippen LogP contribution is -2.40. The molecule has 34 heavy (non-hydrogen) atoms. The maximum absolute atomic E-state index is 6.39. The zero-order valence-electron chi connectivity index (χ0n) is 20.4. The van der Waals surface area contributed by atoms with E-state index in [1.54, 1.807) is 21.3 Å². The van der Waals surface area contributed by atoms with Crippen LogP contribution in [0.1, 0.15) is 22.3 Å². The Morgan fingerprint density at radius 2 is 1.50 bits per heavy atom. The fourth-order valence-corrected chi connectivity index (χ4v) is 4.95. The number of hydrogen-bond acceptors (Lipinski definition) is 4. The molecule has 5 rings (SSSR count). The smallest absolute Gasteiger partial charge is 0.213 e. The van der Waals surface area contributed by atoms with E-state index in [9.17, 15) is 0 Å². The van der Waals surface area contributed by atoms with Crippen molar-refractivity contribution in [1.29, 1.82) is 0 Å². The predicted molar refractivity (Wildman–Crippen MR) is 133 cm³/mol. The lowest BCUT2D eigenvalue weighted by Gasteiger charge is -2.19. The zero-order chi connectivity index (χ0) is 23.8. The van der Waals surface area contributed by atoms with Gasteiger partial charge in [0, 0.05) is 12.5 Å². The van der Waals surface area contributed by atoms with Crippen LogP contribution in [0.4, 0.5) is 0 Å².